The lowest BCUT2D eigenvalue weighted by Crippen LogP contribution is -2.27. The summed E-state index contributed by atoms with van der Waals surface area (Å²) in [5.74, 6) is -1.11. The molecule has 0 spiro atoms. The third-order valence-electron chi connectivity index (χ3n) is 4.76. The van der Waals surface area contributed by atoms with E-state index in [0.29, 0.717) is 11.3 Å². The highest BCUT2D eigenvalue weighted by molar-refractivity contribution is 7.92. The maximum absolute atomic E-state index is 14.4. The van der Waals surface area contributed by atoms with Gasteiger partial charge in [-0.3, -0.25) is 14.3 Å². The number of sulfonamides is 1. The summed E-state index contributed by atoms with van der Waals surface area (Å²) in [7, 11) is -4.17. The molecule has 1 aromatic heterocycles. The first-order chi connectivity index (χ1) is 13.1. The molecule has 0 fully saturated rings. The molecular weight excluding hydrogens is 387 g/mol. The fraction of sp³-hybridized carbons (Fsp3) is 0.167. The molecule has 8 nitrogen and oxygen atoms in total. The average molecular weight is 402 g/mol. The normalized spacial score (nSPS) is 15.3. The third kappa shape index (κ3) is 2.73. The average Bonchev–Trinajstić information content (AvgIpc) is 2.85. The van der Waals surface area contributed by atoms with Crippen LogP contribution in [-0.4, -0.2) is 24.3 Å². The molecule has 3 N–H and O–H groups in total. The van der Waals surface area contributed by atoms with Gasteiger partial charge in [0.2, 0.25) is 5.91 Å². The second-order valence-electron chi connectivity index (χ2n) is 6.97. The van der Waals surface area contributed by atoms with Crippen molar-refractivity contribution in [2.75, 3.05) is 10.0 Å². The quantitative estimate of drug-likeness (QED) is 0.619. The molecule has 0 saturated carbocycles. The molecule has 144 valence electrons. The molecule has 0 unspecified atom stereocenters. The van der Waals surface area contributed by atoms with E-state index in [1.54, 1.807) is 13.8 Å². The van der Waals surface area contributed by atoms with E-state index in [-0.39, 0.29) is 27.4 Å². The molecule has 0 bridgehead atoms. The highest BCUT2D eigenvalue weighted by Crippen LogP contribution is 2.38. The van der Waals surface area contributed by atoms with Gasteiger partial charge in [-0.25, -0.2) is 17.8 Å². The number of nitrogens with one attached hydrogen (secondary N) is 3. The molecule has 1 aliphatic rings. The summed E-state index contributed by atoms with van der Waals surface area (Å²) in [4.78, 5) is 30.0. The lowest BCUT2D eigenvalue weighted by atomic mass is 9.86. The number of amides is 1. The molecule has 28 heavy (non-hydrogen) atoms. The van der Waals surface area contributed by atoms with Crippen molar-refractivity contribution >= 4 is 38.2 Å². The number of rotatable bonds is 3. The van der Waals surface area contributed by atoms with Crippen LogP contribution >= 0.6 is 0 Å². The molecule has 0 saturated heterocycles. The van der Waals surface area contributed by atoms with E-state index in [0.717, 1.165) is 18.5 Å². The molecule has 0 aliphatic carbocycles. The van der Waals surface area contributed by atoms with Gasteiger partial charge in [0.15, 0.2) is 0 Å². The number of benzene rings is 2. The molecule has 0 radical (unpaired) electrons. The van der Waals surface area contributed by atoms with Crippen LogP contribution in [-0.2, 0) is 20.2 Å². The summed E-state index contributed by atoms with van der Waals surface area (Å²) in [6, 6.07) is 6.26. The number of H-pyrrole nitrogens is 1. The summed E-state index contributed by atoms with van der Waals surface area (Å²) in [6.07, 6.45) is 1.13. The highest BCUT2D eigenvalue weighted by atomic mass is 32.2. The number of aromatic amines is 1. The van der Waals surface area contributed by atoms with E-state index < -0.39 is 26.8 Å². The Morgan fingerprint density at radius 2 is 1.89 bits per heavy atom. The van der Waals surface area contributed by atoms with Crippen LogP contribution in [0.4, 0.5) is 15.8 Å². The van der Waals surface area contributed by atoms with Crippen molar-refractivity contribution in [2.45, 2.75) is 24.2 Å². The maximum Gasteiger partial charge on any atom is 0.261 e. The van der Waals surface area contributed by atoms with E-state index >= 15 is 0 Å². The maximum atomic E-state index is 14.4. The van der Waals surface area contributed by atoms with Gasteiger partial charge in [-0.05, 0) is 43.7 Å². The van der Waals surface area contributed by atoms with Crippen molar-refractivity contribution in [3.05, 3.63) is 58.4 Å². The number of aromatic nitrogens is 2. The van der Waals surface area contributed by atoms with Crippen molar-refractivity contribution in [1.29, 1.82) is 0 Å². The molecular formula is C18H15FN4O4S. The number of hydrogen-bond acceptors (Lipinski definition) is 5. The number of halogens is 1. The van der Waals surface area contributed by atoms with Crippen LogP contribution in [0.2, 0.25) is 0 Å². The van der Waals surface area contributed by atoms with Crippen LogP contribution < -0.4 is 15.6 Å². The van der Waals surface area contributed by atoms with Crippen LogP contribution in [0.5, 0.6) is 0 Å². The lowest BCUT2D eigenvalue weighted by molar-refractivity contribution is -0.119. The summed E-state index contributed by atoms with van der Waals surface area (Å²) in [5, 5.41) is 2.74. The third-order valence-corrected chi connectivity index (χ3v) is 6.13. The number of fused-ring (bicyclic) bond motifs is 2. The Morgan fingerprint density at radius 3 is 2.64 bits per heavy atom. The predicted octanol–water partition coefficient (Wildman–Crippen LogP) is 2.09. The summed E-state index contributed by atoms with van der Waals surface area (Å²) in [6.45, 7) is 3.36. The number of anilines is 2. The van der Waals surface area contributed by atoms with E-state index in [4.69, 9.17) is 0 Å². The Balaban J connectivity index is 1.77. The summed E-state index contributed by atoms with van der Waals surface area (Å²) < 4.78 is 42.1. The van der Waals surface area contributed by atoms with Crippen molar-refractivity contribution in [3.8, 4) is 0 Å². The van der Waals surface area contributed by atoms with Crippen molar-refractivity contribution < 1.29 is 17.6 Å². The minimum atomic E-state index is -4.17. The standard InChI is InChI=1S/C18H15FN4O4S/c1-18(2)11-5-9(3-4-13(11)22-17(18)25)28(26,27)23-15-6-10-14(7-12(15)19)20-8-21-16(10)24/h3-8,23H,1-2H3,(H,22,25)(H,20,21,24). The Morgan fingerprint density at radius 1 is 1.14 bits per heavy atom. The Bertz CT molecular complexity index is 1310. The van der Waals surface area contributed by atoms with Crippen LogP contribution in [0, 0.1) is 5.82 Å². The molecule has 1 amide bonds. The van der Waals surface area contributed by atoms with Crippen molar-refractivity contribution in [1.82, 2.24) is 9.97 Å². The number of carbonyl (C=O) groups is 1. The minimum Gasteiger partial charge on any atom is -0.325 e. The van der Waals surface area contributed by atoms with Gasteiger partial charge in [0.25, 0.3) is 15.6 Å². The molecule has 3 aromatic rings. The van der Waals surface area contributed by atoms with Gasteiger partial charge in [0.05, 0.1) is 33.2 Å². The van der Waals surface area contributed by atoms with E-state index in [1.165, 1.54) is 18.2 Å². The zero-order chi connectivity index (χ0) is 20.3. The highest BCUT2D eigenvalue weighted by Gasteiger charge is 2.39. The SMILES string of the molecule is CC1(C)C(=O)Nc2ccc(S(=O)(=O)Nc3cc4c(=O)[nH]cnc4cc3F)cc21. The molecule has 2 heterocycles. The number of hydrogen-bond donors (Lipinski definition) is 3. The number of nitrogens with zero attached hydrogens (tertiary/aromatic N) is 1. The Hall–Kier alpha value is -3.27. The molecule has 0 atom stereocenters. The fourth-order valence-corrected chi connectivity index (χ4v) is 4.17. The van der Waals surface area contributed by atoms with Gasteiger partial charge in [-0.15, -0.1) is 0 Å². The van der Waals surface area contributed by atoms with Gasteiger partial charge < -0.3 is 10.3 Å². The van der Waals surface area contributed by atoms with E-state index in [9.17, 15) is 22.4 Å². The largest absolute Gasteiger partial charge is 0.325 e. The van der Waals surface area contributed by atoms with E-state index in [1.807, 2.05) is 0 Å². The monoisotopic (exact) mass is 402 g/mol. The van der Waals surface area contributed by atoms with Crippen molar-refractivity contribution in [2.24, 2.45) is 0 Å². The predicted molar refractivity (Wildman–Crippen MR) is 101 cm³/mol. The molecule has 4 rings (SSSR count). The lowest BCUT2D eigenvalue weighted by Gasteiger charge is -2.16. The molecule has 2 aromatic carbocycles. The first-order valence-electron chi connectivity index (χ1n) is 8.25. The fourth-order valence-electron chi connectivity index (χ4n) is 3.09. The summed E-state index contributed by atoms with van der Waals surface area (Å²) in [5.41, 5.74) is -0.626. The van der Waals surface area contributed by atoms with Crippen LogP contribution in [0.25, 0.3) is 10.9 Å². The zero-order valence-electron chi connectivity index (χ0n) is 14.8. The Labute approximate surface area is 158 Å². The van der Waals surface area contributed by atoms with Crippen molar-refractivity contribution in [3.63, 3.8) is 0 Å². The van der Waals surface area contributed by atoms with Gasteiger partial charge in [-0.2, -0.15) is 0 Å². The second kappa shape index (κ2) is 5.86. The van der Waals surface area contributed by atoms with Crippen LogP contribution in [0.15, 0.2) is 46.3 Å². The minimum absolute atomic E-state index is 0.0477. The first kappa shape index (κ1) is 18.1. The van der Waals surface area contributed by atoms with Gasteiger partial charge in [0, 0.05) is 11.8 Å². The molecule has 1 aliphatic heterocycles. The van der Waals surface area contributed by atoms with Gasteiger partial charge in [-0.1, -0.05) is 0 Å². The zero-order valence-corrected chi connectivity index (χ0v) is 15.6. The van der Waals surface area contributed by atoms with Gasteiger partial charge >= 0.3 is 0 Å². The molecule has 10 heteroatoms. The first-order valence-corrected chi connectivity index (χ1v) is 9.74. The topological polar surface area (TPSA) is 121 Å². The second-order valence-corrected chi connectivity index (χ2v) is 8.66. The Kier molecular flexibility index (Phi) is 3.79. The summed E-state index contributed by atoms with van der Waals surface area (Å²) >= 11 is 0. The smallest absolute Gasteiger partial charge is 0.261 e. The van der Waals surface area contributed by atoms with Crippen LogP contribution in [0.1, 0.15) is 19.4 Å². The van der Waals surface area contributed by atoms with Crippen LogP contribution in [0.3, 0.4) is 0 Å². The van der Waals surface area contributed by atoms with E-state index in [2.05, 4.69) is 20.0 Å². The number of carbonyl (C=O) groups excluding carboxylic acids is 1. The van der Waals surface area contributed by atoms with Gasteiger partial charge in [0.1, 0.15) is 5.82 Å².